The molecule has 1 aromatic heterocycles. The topological polar surface area (TPSA) is 72.3 Å². The first-order valence-corrected chi connectivity index (χ1v) is 9.16. The van der Waals surface area contributed by atoms with Gasteiger partial charge in [-0.05, 0) is 31.9 Å². The van der Waals surface area contributed by atoms with Crippen molar-refractivity contribution in [2.24, 2.45) is 0 Å². The molecule has 1 atom stereocenters. The van der Waals surface area contributed by atoms with Gasteiger partial charge in [0.2, 0.25) is 0 Å². The zero-order valence-electron chi connectivity index (χ0n) is 15.5. The van der Waals surface area contributed by atoms with Crippen LogP contribution >= 0.6 is 0 Å². The SMILES string of the molecule is COCCn1cnnc1C(C)NC1CCN(C(=O)c2ccccc2)CC1. The molecule has 1 aliphatic rings. The number of benzene rings is 1. The molecule has 0 bridgehead atoms. The number of methoxy groups -OCH3 is 1. The van der Waals surface area contributed by atoms with Crippen molar-refractivity contribution >= 4 is 5.91 Å². The summed E-state index contributed by atoms with van der Waals surface area (Å²) in [5.74, 6) is 1.04. The third-order valence-electron chi connectivity index (χ3n) is 4.86. The first kappa shape index (κ1) is 18.5. The van der Waals surface area contributed by atoms with E-state index in [-0.39, 0.29) is 11.9 Å². The van der Waals surface area contributed by atoms with Crippen molar-refractivity contribution in [1.82, 2.24) is 25.0 Å². The molecule has 1 aromatic carbocycles. The predicted molar refractivity (Wildman–Crippen MR) is 98.8 cm³/mol. The van der Waals surface area contributed by atoms with Gasteiger partial charge in [-0.2, -0.15) is 0 Å². The Hall–Kier alpha value is -2.25. The zero-order valence-corrected chi connectivity index (χ0v) is 15.5. The van der Waals surface area contributed by atoms with Crippen LogP contribution < -0.4 is 5.32 Å². The van der Waals surface area contributed by atoms with Crippen molar-refractivity contribution in [2.45, 2.75) is 38.4 Å². The molecular weight excluding hydrogens is 330 g/mol. The Balaban J connectivity index is 1.51. The summed E-state index contributed by atoms with van der Waals surface area (Å²) in [5, 5.41) is 11.9. The number of carbonyl (C=O) groups is 1. The molecule has 3 rings (SSSR count). The van der Waals surface area contributed by atoms with Gasteiger partial charge < -0.3 is 19.5 Å². The van der Waals surface area contributed by atoms with Gasteiger partial charge in [0.25, 0.3) is 5.91 Å². The van der Waals surface area contributed by atoms with Gasteiger partial charge >= 0.3 is 0 Å². The maximum atomic E-state index is 12.5. The third kappa shape index (κ3) is 4.47. The fraction of sp³-hybridized carbons (Fsp3) is 0.526. The number of nitrogens with one attached hydrogen (secondary N) is 1. The zero-order chi connectivity index (χ0) is 18.4. The Labute approximate surface area is 154 Å². The van der Waals surface area contributed by atoms with Gasteiger partial charge in [0.1, 0.15) is 12.2 Å². The molecule has 0 aliphatic carbocycles. The van der Waals surface area contributed by atoms with E-state index in [1.165, 1.54) is 0 Å². The summed E-state index contributed by atoms with van der Waals surface area (Å²) >= 11 is 0. The number of carbonyl (C=O) groups excluding carboxylic acids is 1. The van der Waals surface area contributed by atoms with E-state index in [0.717, 1.165) is 43.9 Å². The summed E-state index contributed by atoms with van der Waals surface area (Å²) in [7, 11) is 1.69. The predicted octanol–water partition coefficient (Wildman–Crippen LogP) is 1.88. The van der Waals surface area contributed by atoms with Crippen LogP contribution in [0.3, 0.4) is 0 Å². The molecule has 1 unspecified atom stereocenters. The summed E-state index contributed by atoms with van der Waals surface area (Å²) in [6.07, 6.45) is 3.62. The van der Waals surface area contributed by atoms with Crippen LogP contribution in [0.25, 0.3) is 0 Å². The van der Waals surface area contributed by atoms with Crippen LogP contribution in [0.4, 0.5) is 0 Å². The van der Waals surface area contributed by atoms with Crippen LogP contribution in [-0.4, -0.2) is 58.4 Å². The van der Waals surface area contributed by atoms with Gasteiger partial charge in [-0.3, -0.25) is 4.79 Å². The average Bonchev–Trinajstić information content (AvgIpc) is 3.16. The monoisotopic (exact) mass is 357 g/mol. The highest BCUT2D eigenvalue weighted by Crippen LogP contribution is 2.18. The number of piperidine rings is 1. The van der Waals surface area contributed by atoms with Gasteiger partial charge in [-0.15, -0.1) is 10.2 Å². The molecule has 7 nitrogen and oxygen atoms in total. The van der Waals surface area contributed by atoms with Crippen LogP contribution in [0.5, 0.6) is 0 Å². The lowest BCUT2D eigenvalue weighted by atomic mass is 10.0. The normalized spacial score (nSPS) is 16.6. The second-order valence-corrected chi connectivity index (χ2v) is 6.70. The lowest BCUT2D eigenvalue weighted by molar-refractivity contribution is 0.0702. The summed E-state index contributed by atoms with van der Waals surface area (Å²) in [5.41, 5.74) is 0.763. The van der Waals surface area contributed by atoms with E-state index in [1.807, 2.05) is 39.8 Å². The number of rotatable bonds is 7. The minimum Gasteiger partial charge on any atom is -0.383 e. The first-order valence-electron chi connectivity index (χ1n) is 9.16. The Bertz CT molecular complexity index is 695. The Morgan fingerprint density at radius 3 is 2.73 bits per heavy atom. The molecule has 0 saturated carbocycles. The Morgan fingerprint density at radius 2 is 2.04 bits per heavy atom. The van der Waals surface area contributed by atoms with Crippen molar-refractivity contribution in [3.8, 4) is 0 Å². The molecule has 140 valence electrons. The molecule has 7 heteroatoms. The highest BCUT2D eigenvalue weighted by Gasteiger charge is 2.25. The Morgan fingerprint density at radius 1 is 1.31 bits per heavy atom. The summed E-state index contributed by atoms with van der Waals surface area (Å²) in [6, 6.07) is 9.97. The van der Waals surface area contributed by atoms with Crippen LogP contribution in [-0.2, 0) is 11.3 Å². The summed E-state index contributed by atoms with van der Waals surface area (Å²) in [4.78, 5) is 14.5. The van der Waals surface area contributed by atoms with Crippen molar-refractivity contribution in [1.29, 1.82) is 0 Å². The molecule has 0 spiro atoms. The van der Waals surface area contributed by atoms with Gasteiger partial charge in [-0.1, -0.05) is 18.2 Å². The lowest BCUT2D eigenvalue weighted by Crippen LogP contribution is -2.45. The molecule has 26 heavy (non-hydrogen) atoms. The van der Waals surface area contributed by atoms with Gasteiger partial charge in [-0.25, -0.2) is 0 Å². The molecule has 1 N–H and O–H groups in total. The molecule has 2 heterocycles. The number of likely N-dealkylation sites (tertiary alicyclic amines) is 1. The molecule has 2 aromatic rings. The van der Waals surface area contributed by atoms with Crippen LogP contribution in [0.1, 0.15) is 42.0 Å². The van der Waals surface area contributed by atoms with Crippen molar-refractivity contribution < 1.29 is 9.53 Å². The number of hydrogen-bond donors (Lipinski definition) is 1. The van der Waals surface area contributed by atoms with Crippen molar-refractivity contribution in [2.75, 3.05) is 26.8 Å². The number of amides is 1. The number of hydrogen-bond acceptors (Lipinski definition) is 5. The highest BCUT2D eigenvalue weighted by molar-refractivity contribution is 5.94. The van der Waals surface area contributed by atoms with Crippen LogP contribution in [0.2, 0.25) is 0 Å². The van der Waals surface area contributed by atoms with E-state index < -0.39 is 0 Å². The van der Waals surface area contributed by atoms with Crippen LogP contribution in [0.15, 0.2) is 36.7 Å². The highest BCUT2D eigenvalue weighted by atomic mass is 16.5. The fourth-order valence-corrected chi connectivity index (χ4v) is 3.40. The van der Waals surface area contributed by atoms with E-state index in [4.69, 9.17) is 4.74 Å². The van der Waals surface area contributed by atoms with Crippen molar-refractivity contribution in [3.05, 3.63) is 48.0 Å². The van der Waals surface area contributed by atoms with E-state index in [0.29, 0.717) is 12.6 Å². The number of aromatic nitrogens is 3. The van der Waals surface area contributed by atoms with E-state index in [1.54, 1.807) is 13.4 Å². The molecule has 1 saturated heterocycles. The second-order valence-electron chi connectivity index (χ2n) is 6.70. The number of ether oxygens (including phenoxy) is 1. The fourth-order valence-electron chi connectivity index (χ4n) is 3.40. The summed E-state index contributed by atoms with van der Waals surface area (Å²) < 4.78 is 7.16. The maximum Gasteiger partial charge on any atom is 0.253 e. The average molecular weight is 357 g/mol. The Kier molecular flexibility index (Phi) is 6.35. The molecule has 1 fully saturated rings. The van der Waals surface area contributed by atoms with E-state index >= 15 is 0 Å². The van der Waals surface area contributed by atoms with Crippen molar-refractivity contribution in [3.63, 3.8) is 0 Å². The maximum absolute atomic E-state index is 12.5. The van der Waals surface area contributed by atoms with Gasteiger partial charge in [0.15, 0.2) is 0 Å². The largest absolute Gasteiger partial charge is 0.383 e. The minimum absolute atomic E-state index is 0.107. The molecular formula is C19H27N5O2. The number of nitrogens with zero attached hydrogens (tertiary/aromatic N) is 4. The summed E-state index contributed by atoms with van der Waals surface area (Å²) in [6.45, 7) is 5.03. The molecule has 1 aliphatic heterocycles. The first-order chi connectivity index (χ1) is 12.7. The molecule has 0 radical (unpaired) electrons. The standard InChI is InChI=1S/C19H27N5O2/c1-15(18-22-20-14-24(18)12-13-26-2)21-17-8-10-23(11-9-17)19(25)16-6-4-3-5-7-16/h3-7,14-15,17,21H,8-13H2,1-2H3. The third-order valence-corrected chi connectivity index (χ3v) is 4.86. The molecule has 1 amide bonds. The minimum atomic E-state index is 0.107. The van der Waals surface area contributed by atoms with E-state index in [2.05, 4.69) is 22.4 Å². The van der Waals surface area contributed by atoms with E-state index in [9.17, 15) is 4.79 Å². The smallest absolute Gasteiger partial charge is 0.253 e. The van der Waals surface area contributed by atoms with Gasteiger partial charge in [0, 0.05) is 38.3 Å². The van der Waals surface area contributed by atoms with Crippen LogP contribution in [0, 0.1) is 0 Å². The quantitative estimate of drug-likeness (QED) is 0.819. The lowest BCUT2D eigenvalue weighted by Gasteiger charge is -2.34. The second kappa shape index (κ2) is 8.91. The van der Waals surface area contributed by atoms with Gasteiger partial charge in [0.05, 0.1) is 12.6 Å².